The Morgan fingerprint density at radius 1 is 0.364 bits per heavy atom. The Morgan fingerprint density at radius 3 is 1.01 bits per heavy atom. The molecule has 6 heteroatoms. The maximum absolute atomic E-state index is 12.4. The van der Waals surface area contributed by atoms with Crippen LogP contribution < -0.4 is 5.32 Å². The van der Waals surface area contributed by atoms with Gasteiger partial charge in [0, 0.05) is 12.8 Å². The van der Waals surface area contributed by atoms with Crippen molar-refractivity contribution in [1.82, 2.24) is 5.32 Å². The summed E-state index contributed by atoms with van der Waals surface area (Å²) in [5.74, 6) is -0.0258. The number of hydrogen-bond acceptors (Lipinski definition) is 5. The number of allylic oxidation sites excluding steroid dienone is 8. The predicted molar refractivity (Wildman–Crippen MR) is 338 cm³/mol. The Balaban J connectivity index is 3.36. The first-order valence-electron chi connectivity index (χ1n) is 34.4. The molecular weight excluding hydrogens is 947 g/mol. The number of ether oxygens (including phenoxy) is 1. The van der Waals surface area contributed by atoms with Gasteiger partial charge in [-0.05, 0) is 89.9 Å². The van der Waals surface area contributed by atoms with Crippen LogP contribution >= 0.6 is 0 Å². The summed E-state index contributed by atoms with van der Waals surface area (Å²) in [5.41, 5.74) is 0. The van der Waals surface area contributed by atoms with Gasteiger partial charge in [-0.2, -0.15) is 0 Å². The standard InChI is InChI=1S/C71H133NO5/c1-3-5-7-9-11-13-15-16-17-18-32-36-39-42-45-49-53-57-61-65-71(76)77-66-62-58-54-50-46-43-40-37-34-31-29-27-25-23-21-19-20-22-24-26-28-30-33-35-38-41-44-48-52-56-60-64-70(75)72-68(67-73)69(74)63-59-55-51-47-14-12-10-8-6-4-2/h11,13,16-17,21,23,27,29,68-69,73-74H,3-10,12,14-15,18-20,22,24-26,28,30-67H2,1-2H3,(H,72,75)/b13-11-,17-16-,23-21-,29-27-. The van der Waals surface area contributed by atoms with Crippen molar-refractivity contribution < 1.29 is 24.5 Å². The van der Waals surface area contributed by atoms with Crippen molar-refractivity contribution in [1.29, 1.82) is 0 Å². The molecule has 2 unspecified atom stereocenters. The summed E-state index contributed by atoms with van der Waals surface area (Å²) < 4.78 is 5.50. The Morgan fingerprint density at radius 2 is 0.649 bits per heavy atom. The summed E-state index contributed by atoms with van der Waals surface area (Å²) in [6.07, 6.45) is 85.9. The SMILES string of the molecule is CCCCC/C=C\C/C=C\CCCCCCCCCCCC(=O)OCCCCCCCCCCC/C=C\C/C=C\CCCCCCCCCCCCCCCCCC(=O)NC(CO)C(O)CCCCCCCCCCCC. The monoisotopic (exact) mass is 1080 g/mol. The van der Waals surface area contributed by atoms with E-state index in [9.17, 15) is 19.8 Å². The quantitative estimate of drug-likeness (QED) is 0.0320. The van der Waals surface area contributed by atoms with Gasteiger partial charge >= 0.3 is 5.97 Å². The zero-order valence-corrected chi connectivity index (χ0v) is 51.7. The van der Waals surface area contributed by atoms with Crippen molar-refractivity contribution >= 4 is 11.9 Å². The van der Waals surface area contributed by atoms with E-state index in [1.807, 2.05) is 0 Å². The first-order chi connectivity index (χ1) is 38.0. The summed E-state index contributed by atoms with van der Waals surface area (Å²) in [5, 5.41) is 23.2. The second-order valence-corrected chi connectivity index (χ2v) is 23.5. The Labute approximate surface area is 480 Å². The first kappa shape index (κ1) is 74.8. The minimum atomic E-state index is -0.662. The van der Waals surface area contributed by atoms with Crippen molar-refractivity contribution in [3.05, 3.63) is 48.6 Å². The molecule has 0 aromatic carbocycles. The van der Waals surface area contributed by atoms with Crippen molar-refractivity contribution in [2.24, 2.45) is 0 Å². The smallest absolute Gasteiger partial charge is 0.305 e. The van der Waals surface area contributed by atoms with Crippen LogP contribution in [-0.2, 0) is 14.3 Å². The van der Waals surface area contributed by atoms with Crippen molar-refractivity contribution in [2.45, 2.75) is 379 Å². The zero-order valence-electron chi connectivity index (χ0n) is 51.7. The van der Waals surface area contributed by atoms with E-state index in [-0.39, 0.29) is 18.5 Å². The molecule has 77 heavy (non-hydrogen) atoms. The third-order valence-electron chi connectivity index (χ3n) is 15.9. The van der Waals surface area contributed by atoms with E-state index in [4.69, 9.17) is 4.74 Å². The normalized spacial score (nSPS) is 12.8. The number of carbonyl (C=O) groups excluding carboxylic acids is 2. The fourth-order valence-electron chi connectivity index (χ4n) is 10.6. The molecule has 3 N–H and O–H groups in total. The van der Waals surface area contributed by atoms with Crippen LogP contribution in [0.5, 0.6) is 0 Å². The average molecular weight is 1080 g/mol. The molecule has 2 atom stereocenters. The lowest BCUT2D eigenvalue weighted by Gasteiger charge is -2.22. The van der Waals surface area contributed by atoms with Gasteiger partial charge in [-0.3, -0.25) is 9.59 Å². The van der Waals surface area contributed by atoms with E-state index in [1.54, 1.807) is 0 Å². The zero-order chi connectivity index (χ0) is 55.7. The Kier molecular flexibility index (Phi) is 64.5. The van der Waals surface area contributed by atoms with E-state index < -0.39 is 12.1 Å². The van der Waals surface area contributed by atoms with Gasteiger partial charge in [0.15, 0.2) is 0 Å². The number of carbonyl (C=O) groups is 2. The molecule has 0 radical (unpaired) electrons. The van der Waals surface area contributed by atoms with E-state index in [2.05, 4.69) is 67.8 Å². The summed E-state index contributed by atoms with van der Waals surface area (Å²) >= 11 is 0. The highest BCUT2D eigenvalue weighted by atomic mass is 16.5. The van der Waals surface area contributed by atoms with E-state index in [1.165, 1.54) is 276 Å². The Bertz CT molecular complexity index is 1290. The Hall–Kier alpha value is -2.18. The minimum Gasteiger partial charge on any atom is -0.466 e. The molecular formula is C71H133NO5. The lowest BCUT2D eigenvalue weighted by atomic mass is 10.0. The largest absolute Gasteiger partial charge is 0.466 e. The van der Waals surface area contributed by atoms with Gasteiger partial charge in [0.2, 0.25) is 5.91 Å². The van der Waals surface area contributed by atoms with Gasteiger partial charge in [-0.1, -0.05) is 313 Å². The van der Waals surface area contributed by atoms with Crippen LogP contribution in [0, 0.1) is 0 Å². The van der Waals surface area contributed by atoms with Gasteiger partial charge < -0.3 is 20.3 Å². The molecule has 0 aliphatic heterocycles. The van der Waals surface area contributed by atoms with Gasteiger partial charge in [0.25, 0.3) is 0 Å². The number of unbranched alkanes of at least 4 members (excludes halogenated alkanes) is 45. The highest BCUT2D eigenvalue weighted by Gasteiger charge is 2.20. The van der Waals surface area contributed by atoms with Gasteiger partial charge in [0.1, 0.15) is 0 Å². The maximum atomic E-state index is 12.4. The molecule has 6 nitrogen and oxygen atoms in total. The fourth-order valence-corrected chi connectivity index (χ4v) is 10.6. The van der Waals surface area contributed by atoms with Gasteiger partial charge in [-0.15, -0.1) is 0 Å². The van der Waals surface area contributed by atoms with E-state index >= 15 is 0 Å². The molecule has 0 fully saturated rings. The molecule has 0 saturated heterocycles. The summed E-state index contributed by atoms with van der Waals surface area (Å²) in [4.78, 5) is 24.5. The molecule has 0 aliphatic rings. The number of aliphatic hydroxyl groups is 2. The highest BCUT2D eigenvalue weighted by molar-refractivity contribution is 5.76. The number of rotatable bonds is 64. The number of esters is 1. The second kappa shape index (κ2) is 66.3. The molecule has 0 rings (SSSR count). The maximum Gasteiger partial charge on any atom is 0.305 e. The minimum absolute atomic E-state index is 0.00937. The fraction of sp³-hybridized carbons (Fsp3) is 0.859. The first-order valence-corrected chi connectivity index (χ1v) is 34.4. The number of hydrogen-bond donors (Lipinski definition) is 3. The van der Waals surface area contributed by atoms with Gasteiger partial charge in [0.05, 0.1) is 25.4 Å². The average Bonchev–Trinajstić information content (AvgIpc) is 3.43. The van der Waals surface area contributed by atoms with Crippen LogP contribution in [0.3, 0.4) is 0 Å². The van der Waals surface area contributed by atoms with Crippen LogP contribution in [0.4, 0.5) is 0 Å². The molecule has 0 aromatic heterocycles. The lowest BCUT2D eigenvalue weighted by molar-refractivity contribution is -0.143. The molecule has 0 heterocycles. The number of aliphatic hydroxyl groups excluding tert-OH is 2. The molecule has 0 bridgehead atoms. The predicted octanol–water partition coefficient (Wildman–Crippen LogP) is 22.1. The molecule has 0 spiro atoms. The number of nitrogens with one attached hydrogen (secondary N) is 1. The molecule has 0 saturated carbocycles. The summed E-state index contributed by atoms with van der Waals surface area (Å²) in [6, 6.07) is -0.540. The molecule has 0 aromatic rings. The molecule has 452 valence electrons. The lowest BCUT2D eigenvalue weighted by Crippen LogP contribution is -2.45. The second-order valence-electron chi connectivity index (χ2n) is 23.5. The molecule has 1 amide bonds. The topological polar surface area (TPSA) is 95.9 Å². The third-order valence-corrected chi connectivity index (χ3v) is 15.9. The molecule has 0 aliphatic carbocycles. The van der Waals surface area contributed by atoms with Crippen LogP contribution in [0.1, 0.15) is 367 Å². The number of amides is 1. The third kappa shape index (κ3) is 62.9. The highest BCUT2D eigenvalue weighted by Crippen LogP contribution is 2.18. The van der Waals surface area contributed by atoms with E-state index in [0.717, 1.165) is 57.8 Å². The van der Waals surface area contributed by atoms with Crippen molar-refractivity contribution in [3.63, 3.8) is 0 Å². The summed E-state index contributed by atoms with van der Waals surface area (Å²) in [6.45, 7) is 4.93. The van der Waals surface area contributed by atoms with E-state index in [0.29, 0.717) is 25.9 Å². The van der Waals surface area contributed by atoms with Crippen LogP contribution in [-0.4, -0.2) is 47.4 Å². The summed E-state index contributed by atoms with van der Waals surface area (Å²) in [7, 11) is 0. The van der Waals surface area contributed by atoms with Crippen molar-refractivity contribution in [2.75, 3.05) is 13.2 Å². The van der Waals surface area contributed by atoms with Gasteiger partial charge in [-0.25, -0.2) is 0 Å². The van der Waals surface area contributed by atoms with Crippen LogP contribution in [0.15, 0.2) is 48.6 Å². The van der Waals surface area contributed by atoms with Crippen molar-refractivity contribution in [3.8, 4) is 0 Å². The van der Waals surface area contributed by atoms with Crippen LogP contribution in [0.25, 0.3) is 0 Å². The van der Waals surface area contributed by atoms with Crippen LogP contribution in [0.2, 0.25) is 0 Å².